The Bertz CT molecular complexity index is 223. The van der Waals surface area contributed by atoms with E-state index in [0.717, 1.165) is 18.5 Å². The first-order valence-corrected chi connectivity index (χ1v) is 7.08. The fraction of sp³-hybridized carbons (Fsp3) is 1.00. The highest BCUT2D eigenvalue weighted by atomic mass is 15.2. The van der Waals surface area contributed by atoms with Crippen molar-refractivity contribution in [3.05, 3.63) is 0 Å². The maximum Gasteiger partial charge on any atom is 0.0285 e. The quantitative estimate of drug-likeness (QED) is 0.798. The van der Waals surface area contributed by atoms with Crippen LogP contribution in [0.4, 0.5) is 0 Å². The molecule has 0 aromatic heterocycles. The Morgan fingerprint density at radius 2 is 1.88 bits per heavy atom. The molecule has 0 aliphatic heterocycles. The molecule has 2 atom stereocenters. The molecule has 0 aromatic carbocycles. The first-order chi connectivity index (χ1) is 7.59. The standard InChI is InChI=1S/C14H28N2/c1-12-6-5-9-14(15,10-12)11-16(2)13-7-3-4-8-13/h12-13H,3-11,15H2,1-2H3. The zero-order valence-electron chi connectivity index (χ0n) is 11.0. The predicted octanol–water partition coefficient (Wildman–Crippen LogP) is 2.77. The Morgan fingerprint density at radius 1 is 1.19 bits per heavy atom. The number of likely N-dealkylation sites (N-methyl/N-ethyl adjacent to an activating group) is 1. The van der Waals surface area contributed by atoms with Crippen LogP contribution in [0.25, 0.3) is 0 Å². The van der Waals surface area contributed by atoms with Crippen LogP contribution in [0, 0.1) is 5.92 Å². The van der Waals surface area contributed by atoms with E-state index in [1.165, 1.54) is 51.4 Å². The number of nitrogens with two attached hydrogens (primary N) is 1. The van der Waals surface area contributed by atoms with Crippen molar-refractivity contribution in [2.75, 3.05) is 13.6 Å². The summed E-state index contributed by atoms with van der Waals surface area (Å²) in [7, 11) is 2.28. The van der Waals surface area contributed by atoms with Crippen LogP contribution in [-0.2, 0) is 0 Å². The Morgan fingerprint density at radius 3 is 2.50 bits per heavy atom. The minimum Gasteiger partial charge on any atom is -0.324 e. The second kappa shape index (κ2) is 5.05. The maximum atomic E-state index is 6.58. The number of nitrogens with zero attached hydrogens (tertiary/aromatic N) is 1. The molecule has 2 nitrogen and oxygen atoms in total. The van der Waals surface area contributed by atoms with E-state index in [2.05, 4.69) is 18.9 Å². The van der Waals surface area contributed by atoms with Gasteiger partial charge in [0.1, 0.15) is 0 Å². The molecule has 0 spiro atoms. The summed E-state index contributed by atoms with van der Waals surface area (Å²) in [5.41, 5.74) is 6.68. The van der Waals surface area contributed by atoms with Crippen molar-refractivity contribution in [3.63, 3.8) is 0 Å². The second-order valence-corrected chi connectivity index (χ2v) is 6.42. The fourth-order valence-electron chi connectivity index (χ4n) is 3.82. The van der Waals surface area contributed by atoms with Gasteiger partial charge >= 0.3 is 0 Å². The molecule has 2 aliphatic rings. The monoisotopic (exact) mass is 224 g/mol. The van der Waals surface area contributed by atoms with Gasteiger partial charge in [0.25, 0.3) is 0 Å². The lowest BCUT2D eigenvalue weighted by Gasteiger charge is -2.41. The van der Waals surface area contributed by atoms with Gasteiger partial charge in [-0.05, 0) is 38.6 Å². The highest BCUT2D eigenvalue weighted by Gasteiger charge is 2.33. The van der Waals surface area contributed by atoms with Gasteiger partial charge in [0.05, 0.1) is 0 Å². The molecule has 0 radical (unpaired) electrons. The summed E-state index contributed by atoms with van der Waals surface area (Å²) in [5.74, 6) is 0.829. The first-order valence-electron chi connectivity index (χ1n) is 7.08. The van der Waals surface area contributed by atoms with Crippen molar-refractivity contribution in [1.82, 2.24) is 4.90 Å². The molecule has 0 saturated heterocycles. The van der Waals surface area contributed by atoms with Crippen LogP contribution in [0.5, 0.6) is 0 Å². The van der Waals surface area contributed by atoms with Crippen LogP contribution in [0.1, 0.15) is 58.3 Å². The highest BCUT2D eigenvalue weighted by Crippen LogP contribution is 2.32. The van der Waals surface area contributed by atoms with Gasteiger partial charge in [-0.15, -0.1) is 0 Å². The molecule has 94 valence electrons. The minimum absolute atomic E-state index is 0.106. The highest BCUT2D eigenvalue weighted by molar-refractivity contribution is 4.93. The lowest BCUT2D eigenvalue weighted by Crippen LogP contribution is -2.53. The third kappa shape index (κ3) is 2.98. The van der Waals surface area contributed by atoms with Gasteiger partial charge in [-0.1, -0.05) is 32.6 Å². The first kappa shape index (κ1) is 12.4. The largest absolute Gasteiger partial charge is 0.324 e. The molecule has 2 unspecified atom stereocenters. The average molecular weight is 224 g/mol. The normalized spacial score (nSPS) is 37.1. The van der Waals surface area contributed by atoms with E-state index in [9.17, 15) is 0 Å². The Balaban J connectivity index is 1.86. The summed E-state index contributed by atoms with van der Waals surface area (Å²) < 4.78 is 0. The molecule has 0 bridgehead atoms. The van der Waals surface area contributed by atoms with Gasteiger partial charge in [-0.2, -0.15) is 0 Å². The van der Waals surface area contributed by atoms with E-state index in [1.807, 2.05) is 0 Å². The third-order valence-electron chi connectivity index (χ3n) is 4.64. The van der Waals surface area contributed by atoms with Crippen molar-refractivity contribution < 1.29 is 0 Å². The molecule has 2 saturated carbocycles. The van der Waals surface area contributed by atoms with E-state index in [0.29, 0.717) is 0 Å². The maximum absolute atomic E-state index is 6.58. The zero-order valence-corrected chi connectivity index (χ0v) is 11.0. The third-order valence-corrected chi connectivity index (χ3v) is 4.64. The van der Waals surface area contributed by atoms with Crippen molar-refractivity contribution in [2.45, 2.75) is 69.9 Å². The van der Waals surface area contributed by atoms with Gasteiger partial charge in [0.2, 0.25) is 0 Å². The van der Waals surface area contributed by atoms with Crippen molar-refractivity contribution >= 4 is 0 Å². The molecule has 0 amide bonds. The number of rotatable bonds is 3. The van der Waals surface area contributed by atoms with Crippen LogP contribution in [0.3, 0.4) is 0 Å². The summed E-state index contributed by atoms with van der Waals surface area (Å²) >= 11 is 0. The molecule has 2 rings (SSSR count). The van der Waals surface area contributed by atoms with Crippen LogP contribution < -0.4 is 5.73 Å². The van der Waals surface area contributed by atoms with E-state index in [-0.39, 0.29) is 5.54 Å². The lowest BCUT2D eigenvalue weighted by molar-refractivity contribution is 0.139. The molecular formula is C14H28N2. The molecule has 0 heterocycles. The van der Waals surface area contributed by atoms with Gasteiger partial charge < -0.3 is 10.6 Å². The van der Waals surface area contributed by atoms with Gasteiger partial charge in [-0.25, -0.2) is 0 Å². The van der Waals surface area contributed by atoms with Crippen molar-refractivity contribution in [3.8, 4) is 0 Å². The van der Waals surface area contributed by atoms with E-state index in [1.54, 1.807) is 0 Å². The van der Waals surface area contributed by atoms with Crippen LogP contribution in [0.15, 0.2) is 0 Å². The number of hydrogen-bond acceptors (Lipinski definition) is 2. The molecular weight excluding hydrogens is 196 g/mol. The van der Waals surface area contributed by atoms with E-state index in [4.69, 9.17) is 5.73 Å². The Labute approximate surface area is 101 Å². The summed E-state index contributed by atoms with van der Waals surface area (Å²) in [5, 5.41) is 0. The Hall–Kier alpha value is -0.0800. The lowest BCUT2D eigenvalue weighted by atomic mass is 9.76. The molecule has 2 fully saturated rings. The van der Waals surface area contributed by atoms with Crippen LogP contribution in [0.2, 0.25) is 0 Å². The molecule has 2 heteroatoms. The SMILES string of the molecule is CC1CCCC(N)(CN(C)C2CCCC2)C1. The second-order valence-electron chi connectivity index (χ2n) is 6.42. The molecule has 2 N–H and O–H groups in total. The Kier molecular flexibility index (Phi) is 3.91. The van der Waals surface area contributed by atoms with Crippen LogP contribution >= 0.6 is 0 Å². The van der Waals surface area contributed by atoms with Gasteiger partial charge in [0.15, 0.2) is 0 Å². The molecule has 0 aromatic rings. The van der Waals surface area contributed by atoms with Crippen LogP contribution in [-0.4, -0.2) is 30.1 Å². The topological polar surface area (TPSA) is 29.3 Å². The summed E-state index contributed by atoms with van der Waals surface area (Å²) in [6.07, 6.45) is 10.8. The van der Waals surface area contributed by atoms with Crippen molar-refractivity contribution in [1.29, 1.82) is 0 Å². The average Bonchev–Trinajstić information content (AvgIpc) is 2.68. The predicted molar refractivity (Wildman–Crippen MR) is 69.4 cm³/mol. The molecule has 16 heavy (non-hydrogen) atoms. The summed E-state index contributed by atoms with van der Waals surface area (Å²) in [6.45, 7) is 3.47. The fourth-order valence-corrected chi connectivity index (χ4v) is 3.82. The molecule has 2 aliphatic carbocycles. The summed E-state index contributed by atoms with van der Waals surface area (Å²) in [4.78, 5) is 2.55. The smallest absolute Gasteiger partial charge is 0.0285 e. The van der Waals surface area contributed by atoms with Gasteiger partial charge in [-0.3, -0.25) is 0 Å². The van der Waals surface area contributed by atoms with E-state index >= 15 is 0 Å². The van der Waals surface area contributed by atoms with Gasteiger partial charge in [0, 0.05) is 18.1 Å². The summed E-state index contributed by atoms with van der Waals surface area (Å²) in [6, 6.07) is 0.817. The minimum atomic E-state index is 0.106. The van der Waals surface area contributed by atoms with E-state index < -0.39 is 0 Å². The number of hydrogen-bond donors (Lipinski definition) is 1. The van der Waals surface area contributed by atoms with Crippen molar-refractivity contribution in [2.24, 2.45) is 11.7 Å². The zero-order chi connectivity index (χ0) is 11.6.